The molecule has 1 aromatic carbocycles. The van der Waals surface area contributed by atoms with Gasteiger partial charge in [-0.25, -0.2) is 0 Å². The molecule has 0 aliphatic heterocycles. The van der Waals surface area contributed by atoms with E-state index in [1.54, 1.807) is 14.2 Å². The summed E-state index contributed by atoms with van der Waals surface area (Å²) in [6.07, 6.45) is 4.05. The van der Waals surface area contributed by atoms with Crippen molar-refractivity contribution < 1.29 is 9.47 Å². The van der Waals surface area contributed by atoms with Crippen LogP contribution in [0.25, 0.3) is 0 Å². The van der Waals surface area contributed by atoms with Crippen LogP contribution < -0.4 is 14.8 Å². The van der Waals surface area contributed by atoms with Gasteiger partial charge in [-0.05, 0) is 24.5 Å². The summed E-state index contributed by atoms with van der Waals surface area (Å²) >= 11 is 0. The molecule has 0 saturated heterocycles. The maximum Gasteiger partial charge on any atom is 0.142 e. The lowest BCUT2D eigenvalue weighted by atomic mass is 10.2. The van der Waals surface area contributed by atoms with E-state index in [4.69, 9.17) is 9.47 Å². The van der Waals surface area contributed by atoms with Gasteiger partial charge in [-0.3, -0.25) is 0 Å². The molecule has 1 fully saturated rings. The van der Waals surface area contributed by atoms with Gasteiger partial charge in [0.15, 0.2) is 0 Å². The Morgan fingerprint density at radius 3 is 2.69 bits per heavy atom. The summed E-state index contributed by atoms with van der Waals surface area (Å²) in [5.74, 6) is 2.68. The van der Waals surface area contributed by atoms with Crippen LogP contribution in [0.1, 0.15) is 19.3 Å². The van der Waals surface area contributed by atoms with Gasteiger partial charge in [-0.2, -0.15) is 0 Å². The zero-order valence-corrected chi connectivity index (χ0v) is 9.95. The van der Waals surface area contributed by atoms with E-state index < -0.39 is 0 Å². The van der Waals surface area contributed by atoms with Crippen molar-refractivity contribution in [3.8, 4) is 11.5 Å². The highest BCUT2D eigenvalue weighted by molar-refractivity contribution is 5.59. The fourth-order valence-corrected chi connectivity index (χ4v) is 1.77. The zero-order chi connectivity index (χ0) is 11.4. The Balaban J connectivity index is 1.97. The van der Waals surface area contributed by atoms with Crippen molar-refractivity contribution in [2.24, 2.45) is 5.92 Å². The molecule has 0 atom stereocenters. The molecule has 2 rings (SSSR count). The van der Waals surface area contributed by atoms with E-state index >= 15 is 0 Å². The van der Waals surface area contributed by atoms with Gasteiger partial charge in [0, 0.05) is 12.6 Å². The van der Waals surface area contributed by atoms with Crippen LogP contribution >= 0.6 is 0 Å². The van der Waals surface area contributed by atoms with Crippen molar-refractivity contribution in [1.82, 2.24) is 0 Å². The predicted octanol–water partition coefficient (Wildman–Crippen LogP) is 2.92. The molecule has 88 valence electrons. The summed E-state index contributed by atoms with van der Waals surface area (Å²) in [5, 5.41) is 3.41. The highest BCUT2D eigenvalue weighted by atomic mass is 16.5. The number of rotatable bonds is 6. The highest BCUT2D eigenvalue weighted by Gasteiger charge is 2.20. The molecule has 1 aliphatic carbocycles. The van der Waals surface area contributed by atoms with Crippen LogP contribution in [0, 0.1) is 5.92 Å². The van der Waals surface area contributed by atoms with Crippen molar-refractivity contribution in [1.29, 1.82) is 0 Å². The second-order valence-corrected chi connectivity index (χ2v) is 4.23. The summed E-state index contributed by atoms with van der Waals surface area (Å²) in [6.45, 7) is 1.01. The standard InChI is InChI=1S/C13H19NO2/c1-15-11-5-6-13(16-2)12(9-11)14-8-7-10-3-4-10/h5-6,9-10,14H,3-4,7-8H2,1-2H3. The number of nitrogens with one attached hydrogen (secondary N) is 1. The van der Waals surface area contributed by atoms with Gasteiger partial charge in [-0.15, -0.1) is 0 Å². The summed E-state index contributed by atoms with van der Waals surface area (Å²) in [5.41, 5.74) is 1.02. The van der Waals surface area contributed by atoms with Gasteiger partial charge in [0.1, 0.15) is 11.5 Å². The molecule has 1 saturated carbocycles. The number of hydrogen-bond acceptors (Lipinski definition) is 3. The van der Waals surface area contributed by atoms with Crippen LogP contribution in [0.5, 0.6) is 11.5 Å². The SMILES string of the molecule is COc1ccc(OC)c(NCCC2CC2)c1. The van der Waals surface area contributed by atoms with E-state index in [1.807, 2.05) is 18.2 Å². The van der Waals surface area contributed by atoms with Gasteiger partial charge < -0.3 is 14.8 Å². The number of hydrogen-bond donors (Lipinski definition) is 1. The largest absolute Gasteiger partial charge is 0.497 e. The molecule has 0 heterocycles. The molecule has 0 spiro atoms. The molecular weight excluding hydrogens is 202 g/mol. The first-order valence-electron chi connectivity index (χ1n) is 5.79. The van der Waals surface area contributed by atoms with Crippen molar-refractivity contribution in [3.63, 3.8) is 0 Å². The molecule has 1 aromatic rings. The molecule has 0 unspecified atom stereocenters. The number of benzene rings is 1. The lowest BCUT2D eigenvalue weighted by Gasteiger charge is -2.12. The van der Waals surface area contributed by atoms with Gasteiger partial charge in [0.05, 0.1) is 19.9 Å². The fraction of sp³-hybridized carbons (Fsp3) is 0.538. The minimum atomic E-state index is 0.856. The lowest BCUT2D eigenvalue weighted by molar-refractivity contribution is 0.404. The van der Waals surface area contributed by atoms with Gasteiger partial charge in [0.25, 0.3) is 0 Å². The van der Waals surface area contributed by atoms with Crippen LogP contribution in [0.3, 0.4) is 0 Å². The van der Waals surface area contributed by atoms with Gasteiger partial charge >= 0.3 is 0 Å². The third kappa shape index (κ3) is 2.81. The Morgan fingerprint density at radius 1 is 1.25 bits per heavy atom. The molecule has 0 aromatic heterocycles. The Bertz CT molecular complexity index is 348. The van der Waals surface area contributed by atoms with E-state index in [0.29, 0.717) is 0 Å². The van der Waals surface area contributed by atoms with Crippen molar-refractivity contribution in [2.45, 2.75) is 19.3 Å². The van der Waals surface area contributed by atoms with E-state index in [9.17, 15) is 0 Å². The maximum absolute atomic E-state index is 5.30. The molecule has 0 radical (unpaired) electrons. The Morgan fingerprint density at radius 2 is 2.06 bits per heavy atom. The van der Waals surface area contributed by atoms with E-state index in [1.165, 1.54) is 19.3 Å². The van der Waals surface area contributed by atoms with Crippen LogP contribution in [-0.2, 0) is 0 Å². The quantitative estimate of drug-likeness (QED) is 0.801. The molecule has 0 bridgehead atoms. The second-order valence-electron chi connectivity index (χ2n) is 4.23. The molecule has 3 nitrogen and oxygen atoms in total. The molecule has 16 heavy (non-hydrogen) atoms. The summed E-state index contributed by atoms with van der Waals surface area (Å²) < 4.78 is 10.5. The van der Waals surface area contributed by atoms with Crippen LogP contribution in [0.15, 0.2) is 18.2 Å². The zero-order valence-electron chi connectivity index (χ0n) is 9.95. The highest BCUT2D eigenvalue weighted by Crippen LogP contribution is 2.33. The number of ether oxygens (including phenoxy) is 2. The van der Waals surface area contributed by atoms with Crippen molar-refractivity contribution in [2.75, 3.05) is 26.1 Å². The van der Waals surface area contributed by atoms with Crippen LogP contribution in [-0.4, -0.2) is 20.8 Å². The molecular formula is C13H19NO2. The Labute approximate surface area is 96.8 Å². The maximum atomic E-state index is 5.30. The monoisotopic (exact) mass is 221 g/mol. The molecule has 0 amide bonds. The average Bonchev–Trinajstić information content (AvgIpc) is 3.13. The van der Waals surface area contributed by atoms with E-state index in [2.05, 4.69) is 5.32 Å². The first kappa shape index (κ1) is 11.1. The summed E-state index contributed by atoms with van der Waals surface area (Å²) in [4.78, 5) is 0. The van der Waals surface area contributed by atoms with Crippen molar-refractivity contribution >= 4 is 5.69 Å². The molecule has 1 N–H and O–H groups in total. The predicted molar refractivity (Wildman–Crippen MR) is 65.4 cm³/mol. The minimum Gasteiger partial charge on any atom is -0.497 e. The average molecular weight is 221 g/mol. The summed E-state index contributed by atoms with van der Waals surface area (Å²) in [7, 11) is 3.36. The van der Waals surface area contributed by atoms with Crippen LogP contribution in [0.2, 0.25) is 0 Å². The van der Waals surface area contributed by atoms with Gasteiger partial charge in [0.2, 0.25) is 0 Å². The number of methoxy groups -OCH3 is 2. The molecule has 3 heteroatoms. The Kier molecular flexibility index (Phi) is 3.54. The smallest absolute Gasteiger partial charge is 0.142 e. The Hall–Kier alpha value is -1.38. The minimum absolute atomic E-state index is 0.856. The van der Waals surface area contributed by atoms with E-state index in [0.717, 1.165) is 29.6 Å². The van der Waals surface area contributed by atoms with Gasteiger partial charge in [-0.1, -0.05) is 12.8 Å². The van der Waals surface area contributed by atoms with E-state index in [-0.39, 0.29) is 0 Å². The van der Waals surface area contributed by atoms with Crippen LogP contribution in [0.4, 0.5) is 5.69 Å². The molecule has 1 aliphatic rings. The second kappa shape index (κ2) is 5.10. The number of anilines is 1. The normalized spacial score (nSPS) is 14.6. The first-order chi connectivity index (χ1) is 7.83. The lowest BCUT2D eigenvalue weighted by Crippen LogP contribution is -2.04. The third-order valence-corrected chi connectivity index (χ3v) is 2.97. The van der Waals surface area contributed by atoms with Crippen molar-refractivity contribution in [3.05, 3.63) is 18.2 Å². The summed E-state index contributed by atoms with van der Waals surface area (Å²) in [6, 6.07) is 5.81. The third-order valence-electron chi connectivity index (χ3n) is 2.97. The fourth-order valence-electron chi connectivity index (χ4n) is 1.77. The first-order valence-corrected chi connectivity index (χ1v) is 5.79. The topological polar surface area (TPSA) is 30.5 Å².